The number of likely N-dealkylation sites (tertiary alicyclic amines) is 1. The van der Waals surface area contributed by atoms with Gasteiger partial charge < -0.3 is 15.0 Å². The Morgan fingerprint density at radius 3 is 2.46 bits per heavy atom. The minimum Gasteiger partial charge on any atom is -0.466 e. The Morgan fingerprint density at radius 1 is 1.23 bits per heavy atom. The number of sulfonamides is 1. The first-order valence-corrected chi connectivity index (χ1v) is 11.9. The van der Waals surface area contributed by atoms with Gasteiger partial charge in [-0.1, -0.05) is 0 Å². The van der Waals surface area contributed by atoms with Crippen LogP contribution in [0.5, 0.6) is 0 Å². The highest BCUT2D eigenvalue weighted by Crippen LogP contribution is 2.19. The molecule has 0 atom stereocenters. The van der Waals surface area contributed by atoms with E-state index in [4.69, 9.17) is 4.74 Å². The van der Waals surface area contributed by atoms with E-state index in [2.05, 4.69) is 15.2 Å². The first kappa shape index (κ1) is 21.3. The molecule has 0 unspecified atom stereocenters. The van der Waals surface area contributed by atoms with Gasteiger partial charge in [0.25, 0.3) is 0 Å². The van der Waals surface area contributed by atoms with Gasteiger partial charge in [-0.05, 0) is 19.8 Å². The maximum absolute atomic E-state index is 12.4. The number of hydrogen-bond acceptors (Lipinski definition) is 6. The third kappa shape index (κ3) is 6.02. The van der Waals surface area contributed by atoms with Crippen LogP contribution in [-0.4, -0.2) is 93.2 Å². The van der Waals surface area contributed by atoms with E-state index in [1.165, 1.54) is 0 Å². The summed E-state index contributed by atoms with van der Waals surface area (Å²) >= 11 is 1.79. The molecule has 0 aromatic rings. The molecule has 0 radical (unpaired) electrons. The normalized spacial score (nSPS) is 20.8. The van der Waals surface area contributed by atoms with Crippen molar-refractivity contribution in [1.29, 1.82) is 0 Å². The number of piperidine rings is 1. The molecule has 26 heavy (non-hydrogen) atoms. The molecule has 0 aromatic carbocycles. The molecule has 0 saturated carbocycles. The highest BCUT2D eigenvalue weighted by Gasteiger charge is 2.28. The summed E-state index contributed by atoms with van der Waals surface area (Å²) in [5.74, 6) is 2.31. The van der Waals surface area contributed by atoms with Crippen molar-refractivity contribution in [1.82, 2.24) is 14.5 Å². The van der Waals surface area contributed by atoms with Crippen LogP contribution in [0.1, 0.15) is 19.8 Å². The van der Waals surface area contributed by atoms with E-state index in [9.17, 15) is 13.2 Å². The molecule has 0 bridgehead atoms. The van der Waals surface area contributed by atoms with E-state index >= 15 is 0 Å². The van der Waals surface area contributed by atoms with Crippen molar-refractivity contribution >= 4 is 33.7 Å². The van der Waals surface area contributed by atoms with Gasteiger partial charge in [0.05, 0.1) is 18.3 Å². The largest absolute Gasteiger partial charge is 0.466 e. The second-order valence-electron chi connectivity index (χ2n) is 6.31. The number of ether oxygens (including phenoxy) is 1. The molecular formula is C16H30N4O4S2. The van der Waals surface area contributed by atoms with E-state index in [0.29, 0.717) is 45.3 Å². The minimum atomic E-state index is -3.22. The fraction of sp³-hybridized carbons (Fsp3) is 0.875. The predicted molar refractivity (Wildman–Crippen MR) is 105 cm³/mol. The molecule has 2 fully saturated rings. The molecule has 0 amide bonds. The fourth-order valence-corrected chi connectivity index (χ4v) is 5.66. The molecule has 0 aromatic heterocycles. The average molecular weight is 407 g/mol. The minimum absolute atomic E-state index is 0.0540. The smallest absolute Gasteiger partial charge is 0.309 e. The van der Waals surface area contributed by atoms with Crippen LogP contribution < -0.4 is 5.32 Å². The molecule has 0 aliphatic carbocycles. The van der Waals surface area contributed by atoms with Gasteiger partial charge in [-0.2, -0.15) is 11.8 Å². The average Bonchev–Trinajstić information content (AvgIpc) is 2.66. The highest BCUT2D eigenvalue weighted by atomic mass is 32.2. The number of guanidine groups is 1. The van der Waals surface area contributed by atoms with Crippen molar-refractivity contribution in [3.63, 3.8) is 0 Å². The lowest BCUT2D eigenvalue weighted by atomic mass is 9.97. The van der Waals surface area contributed by atoms with Crippen LogP contribution in [0.4, 0.5) is 0 Å². The summed E-state index contributed by atoms with van der Waals surface area (Å²) in [6, 6.07) is 0. The standard InChI is InChI=1S/C16H30N4O4S2/c1-3-24-15(21)14-4-7-19(8-5-14)16(17-2)18-6-13-26(22,23)20-9-11-25-12-10-20/h14H,3-13H2,1-2H3,(H,17,18). The van der Waals surface area contributed by atoms with Crippen molar-refractivity contribution in [3.8, 4) is 0 Å². The first-order chi connectivity index (χ1) is 12.5. The van der Waals surface area contributed by atoms with Crippen LogP contribution in [0.25, 0.3) is 0 Å². The molecule has 8 nitrogen and oxygen atoms in total. The summed E-state index contributed by atoms with van der Waals surface area (Å²) in [7, 11) is -1.53. The number of nitrogens with one attached hydrogen (secondary N) is 1. The van der Waals surface area contributed by atoms with Gasteiger partial charge in [-0.3, -0.25) is 9.79 Å². The molecular weight excluding hydrogens is 376 g/mol. The molecule has 2 aliphatic rings. The molecule has 10 heteroatoms. The van der Waals surface area contributed by atoms with E-state index in [1.807, 2.05) is 6.92 Å². The number of thioether (sulfide) groups is 1. The third-order valence-corrected chi connectivity index (χ3v) is 7.45. The van der Waals surface area contributed by atoms with E-state index in [0.717, 1.165) is 24.3 Å². The monoisotopic (exact) mass is 406 g/mol. The van der Waals surface area contributed by atoms with Crippen molar-refractivity contribution < 1.29 is 17.9 Å². The van der Waals surface area contributed by atoms with Gasteiger partial charge in [0.15, 0.2) is 5.96 Å². The quantitative estimate of drug-likeness (QED) is 0.383. The maximum atomic E-state index is 12.4. The van der Waals surface area contributed by atoms with Crippen molar-refractivity contribution in [2.45, 2.75) is 19.8 Å². The number of nitrogens with zero attached hydrogens (tertiary/aromatic N) is 3. The lowest BCUT2D eigenvalue weighted by molar-refractivity contribution is -0.149. The predicted octanol–water partition coefficient (Wildman–Crippen LogP) is 0.216. The van der Waals surface area contributed by atoms with Gasteiger partial charge in [0.2, 0.25) is 10.0 Å². The summed E-state index contributed by atoms with van der Waals surface area (Å²) in [6.07, 6.45) is 1.45. The number of hydrogen-bond donors (Lipinski definition) is 1. The van der Waals surface area contributed by atoms with Crippen molar-refractivity contribution in [2.75, 3.05) is 63.6 Å². The third-order valence-electron chi connectivity index (χ3n) is 4.63. The zero-order valence-corrected chi connectivity index (χ0v) is 17.3. The lowest BCUT2D eigenvalue weighted by Gasteiger charge is -2.33. The number of carbonyl (C=O) groups is 1. The zero-order valence-electron chi connectivity index (χ0n) is 15.6. The van der Waals surface area contributed by atoms with Crippen molar-refractivity contribution in [2.24, 2.45) is 10.9 Å². The number of aliphatic imine (C=N–C) groups is 1. The zero-order chi connectivity index (χ0) is 19.0. The number of carbonyl (C=O) groups excluding carboxylic acids is 1. The van der Waals surface area contributed by atoms with Gasteiger partial charge >= 0.3 is 5.97 Å². The molecule has 2 heterocycles. The highest BCUT2D eigenvalue weighted by molar-refractivity contribution is 7.99. The number of esters is 1. The first-order valence-electron chi connectivity index (χ1n) is 9.15. The summed E-state index contributed by atoms with van der Waals surface area (Å²) in [4.78, 5) is 18.1. The molecule has 2 rings (SSSR count). The van der Waals surface area contributed by atoms with Crippen LogP contribution in [0, 0.1) is 5.92 Å². The Labute approximate surface area is 160 Å². The Hall–Kier alpha value is -1.00. The van der Waals surface area contributed by atoms with Crippen molar-refractivity contribution in [3.05, 3.63) is 0 Å². The van der Waals surface area contributed by atoms with E-state index < -0.39 is 10.0 Å². The van der Waals surface area contributed by atoms with Gasteiger partial charge in [-0.25, -0.2) is 12.7 Å². The maximum Gasteiger partial charge on any atom is 0.309 e. The fourth-order valence-electron chi connectivity index (χ4n) is 3.17. The van der Waals surface area contributed by atoms with E-state index in [1.54, 1.807) is 23.1 Å². The summed E-state index contributed by atoms with van der Waals surface area (Å²) in [5, 5.41) is 3.15. The van der Waals surface area contributed by atoms with Crippen LogP contribution in [0.3, 0.4) is 0 Å². The molecule has 0 spiro atoms. The second kappa shape index (κ2) is 10.4. The van der Waals surface area contributed by atoms with Crippen LogP contribution in [0.2, 0.25) is 0 Å². The van der Waals surface area contributed by atoms with E-state index in [-0.39, 0.29) is 17.6 Å². The van der Waals surface area contributed by atoms with Gasteiger partial charge in [0, 0.05) is 51.3 Å². The summed E-state index contributed by atoms with van der Waals surface area (Å²) < 4.78 is 31.4. The second-order valence-corrected chi connectivity index (χ2v) is 9.63. The lowest BCUT2D eigenvalue weighted by Crippen LogP contribution is -2.48. The van der Waals surface area contributed by atoms with Gasteiger partial charge in [-0.15, -0.1) is 0 Å². The van der Waals surface area contributed by atoms with Crippen LogP contribution in [-0.2, 0) is 19.6 Å². The summed E-state index contributed by atoms with van der Waals surface area (Å²) in [6.45, 7) is 5.17. The Kier molecular flexibility index (Phi) is 8.49. The van der Waals surface area contributed by atoms with Crippen LogP contribution in [0.15, 0.2) is 4.99 Å². The SMILES string of the molecule is CCOC(=O)C1CCN(C(=NC)NCCS(=O)(=O)N2CCSCC2)CC1. The molecule has 150 valence electrons. The number of rotatable bonds is 6. The molecule has 2 aliphatic heterocycles. The summed E-state index contributed by atoms with van der Waals surface area (Å²) in [5.41, 5.74) is 0. The Balaban J connectivity index is 1.77. The molecule has 2 saturated heterocycles. The Morgan fingerprint density at radius 2 is 1.88 bits per heavy atom. The molecule has 1 N–H and O–H groups in total. The van der Waals surface area contributed by atoms with Gasteiger partial charge in [0.1, 0.15) is 0 Å². The topological polar surface area (TPSA) is 91.3 Å². The Bertz CT molecular complexity index is 583. The van der Waals surface area contributed by atoms with Crippen LogP contribution >= 0.6 is 11.8 Å².